The van der Waals surface area contributed by atoms with Gasteiger partial charge in [-0.15, -0.1) is 0 Å². The summed E-state index contributed by atoms with van der Waals surface area (Å²) >= 11 is 0. The molecule has 1 aliphatic heterocycles. The molecule has 1 fully saturated rings. The van der Waals surface area contributed by atoms with Gasteiger partial charge in [0.25, 0.3) is 0 Å². The molecular formula is C27H28F3N5O3. The Balaban J connectivity index is 0.000000505. The molecule has 0 spiro atoms. The van der Waals surface area contributed by atoms with Crippen LogP contribution in [0.25, 0.3) is 11.1 Å². The number of carbonyl (C=O) groups excluding carboxylic acids is 1. The van der Waals surface area contributed by atoms with Gasteiger partial charge in [0, 0.05) is 18.2 Å². The van der Waals surface area contributed by atoms with E-state index >= 15 is 0 Å². The number of carboxylic acid groups (broad SMARTS) is 1. The molecule has 3 N–H and O–H groups in total. The second-order valence-electron chi connectivity index (χ2n) is 8.81. The Bertz CT molecular complexity index is 1230. The molecule has 4 rings (SSSR count). The molecule has 38 heavy (non-hydrogen) atoms. The lowest BCUT2D eigenvalue weighted by molar-refractivity contribution is -0.192. The Hall–Kier alpha value is -4.17. The summed E-state index contributed by atoms with van der Waals surface area (Å²) in [7, 11) is 0. The van der Waals surface area contributed by atoms with Crippen LogP contribution in [0.4, 0.5) is 13.2 Å². The number of hydrogen-bond acceptors (Lipinski definition) is 5. The lowest BCUT2D eigenvalue weighted by atomic mass is 10.0. The monoisotopic (exact) mass is 527 g/mol. The first-order chi connectivity index (χ1) is 18.2. The number of amides is 1. The Morgan fingerprint density at radius 1 is 1.11 bits per heavy atom. The predicted octanol–water partition coefficient (Wildman–Crippen LogP) is 3.92. The third kappa shape index (κ3) is 8.74. The van der Waals surface area contributed by atoms with Crippen molar-refractivity contribution in [3.63, 3.8) is 0 Å². The topological polar surface area (TPSA) is 120 Å². The molecule has 2 heterocycles. The summed E-state index contributed by atoms with van der Waals surface area (Å²) in [6, 6.07) is 19.9. The van der Waals surface area contributed by atoms with Crippen LogP contribution in [-0.4, -0.2) is 51.6 Å². The van der Waals surface area contributed by atoms with Crippen LogP contribution in [0, 0.1) is 11.3 Å². The number of carbonyl (C=O) groups is 2. The van der Waals surface area contributed by atoms with Crippen LogP contribution in [-0.2, 0) is 22.6 Å². The van der Waals surface area contributed by atoms with Crippen molar-refractivity contribution in [3.8, 4) is 17.2 Å². The van der Waals surface area contributed by atoms with E-state index in [0.29, 0.717) is 6.42 Å². The first-order valence-electron chi connectivity index (χ1n) is 12.0. The summed E-state index contributed by atoms with van der Waals surface area (Å²) in [5.41, 5.74) is 4.35. The highest BCUT2D eigenvalue weighted by Crippen LogP contribution is 2.20. The second kappa shape index (κ2) is 13.4. The summed E-state index contributed by atoms with van der Waals surface area (Å²) in [5, 5.41) is 27.2. The lowest BCUT2D eigenvalue weighted by Crippen LogP contribution is -2.49. The maximum atomic E-state index is 12.4. The van der Waals surface area contributed by atoms with Crippen LogP contribution >= 0.6 is 0 Å². The van der Waals surface area contributed by atoms with E-state index in [-0.39, 0.29) is 11.9 Å². The van der Waals surface area contributed by atoms with Crippen LogP contribution in [0.3, 0.4) is 0 Å². The molecule has 8 nitrogen and oxygen atoms in total. The molecule has 0 aliphatic carbocycles. The first-order valence-corrected chi connectivity index (χ1v) is 12.0. The summed E-state index contributed by atoms with van der Waals surface area (Å²) in [6.45, 7) is 1.59. The Labute approximate surface area is 218 Å². The standard InChI is InChI=1S/C25H27N5O.C2HF3O2/c26-15-23(29-25(31)24-8-4-5-13-27-24)14-19-9-11-21(12-10-19)22-16-28-30(18-22)17-20-6-2-1-3-7-20;3-2(4,5)1(6)7/h1-3,6-7,9-12,16,18,23-24,27H,4-5,8,13-14,17H2,(H,29,31);(H,6,7)/t23-,24-;/m0./s1. The fourth-order valence-electron chi connectivity index (χ4n) is 3.92. The molecule has 1 aromatic heterocycles. The molecule has 2 atom stereocenters. The number of nitrogens with one attached hydrogen (secondary N) is 2. The van der Waals surface area contributed by atoms with Crippen molar-refractivity contribution >= 4 is 11.9 Å². The number of alkyl halides is 3. The first kappa shape index (κ1) is 28.4. The summed E-state index contributed by atoms with van der Waals surface area (Å²) in [4.78, 5) is 21.3. The average Bonchev–Trinajstić information content (AvgIpc) is 3.38. The Morgan fingerprint density at radius 2 is 1.79 bits per heavy atom. The molecule has 0 bridgehead atoms. The van der Waals surface area contributed by atoms with E-state index in [4.69, 9.17) is 9.90 Å². The van der Waals surface area contributed by atoms with Gasteiger partial charge in [0.15, 0.2) is 0 Å². The van der Waals surface area contributed by atoms with Crippen LogP contribution in [0.15, 0.2) is 67.0 Å². The summed E-state index contributed by atoms with van der Waals surface area (Å²) in [6.07, 6.45) is 2.29. The number of benzene rings is 2. The number of nitriles is 1. The highest BCUT2D eigenvalue weighted by molar-refractivity contribution is 5.82. The highest BCUT2D eigenvalue weighted by atomic mass is 19.4. The largest absolute Gasteiger partial charge is 0.490 e. The lowest BCUT2D eigenvalue weighted by Gasteiger charge is -2.23. The summed E-state index contributed by atoms with van der Waals surface area (Å²) in [5.74, 6) is -2.83. The van der Waals surface area contributed by atoms with E-state index < -0.39 is 18.2 Å². The van der Waals surface area contributed by atoms with Crippen molar-refractivity contribution in [2.45, 2.75) is 50.5 Å². The van der Waals surface area contributed by atoms with Crippen molar-refractivity contribution in [3.05, 3.63) is 78.1 Å². The van der Waals surface area contributed by atoms with Crippen LogP contribution in [0.1, 0.15) is 30.4 Å². The minimum absolute atomic E-state index is 0.0753. The quantitative estimate of drug-likeness (QED) is 0.428. The molecular weight excluding hydrogens is 499 g/mol. The SMILES string of the molecule is N#C[C@H](Cc1ccc(-c2cnn(Cc3ccccc3)c2)cc1)NC(=O)[C@@H]1CCCCN1.O=C(O)C(F)(F)F. The van der Waals surface area contributed by atoms with E-state index in [0.717, 1.165) is 49.0 Å². The zero-order valence-corrected chi connectivity index (χ0v) is 20.5. The molecule has 11 heteroatoms. The van der Waals surface area contributed by atoms with Gasteiger partial charge in [-0.3, -0.25) is 9.48 Å². The normalized spacial score (nSPS) is 15.9. The number of piperidine rings is 1. The Morgan fingerprint density at radius 3 is 2.37 bits per heavy atom. The van der Waals surface area contributed by atoms with Crippen LogP contribution in [0.5, 0.6) is 0 Å². The Kier molecular flexibility index (Phi) is 10.0. The number of carboxylic acids is 1. The molecule has 2 aromatic carbocycles. The van der Waals surface area contributed by atoms with Gasteiger partial charge in [0.1, 0.15) is 6.04 Å². The number of aliphatic carboxylic acids is 1. The van der Waals surface area contributed by atoms with Gasteiger partial charge < -0.3 is 15.7 Å². The van der Waals surface area contributed by atoms with E-state index in [2.05, 4.69) is 33.9 Å². The molecule has 0 radical (unpaired) electrons. The van der Waals surface area contributed by atoms with E-state index in [1.54, 1.807) is 0 Å². The fraction of sp³-hybridized carbons (Fsp3) is 0.333. The molecule has 200 valence electrons. The van der Waals surface area contributed by atoms with Crippen LogP contribution < -0.4 is 10.6 Å². The zero-order valence-electron chi connectivity index (χ0n) is 20.5. The van der Waals surface area contributed by atoms with Crippen molar-refractivity contribution < 1.29 is 27.9 Å². The van der Waals surface area contributed by atoms with E-state index in [1.165, 1.54) is 5.56 Å². The third-order valence-corrected chi connectivity index (χ3v) is 5.89. The van der Waals surface area contributed by atoms with Crippen molar-refractivity contribution in [1.29, 1.82) is 5.26 Å². The molecule has 0 unspecified atom stereocenters. The smallest absolute Gasteiger partial charge is 0.475 e. The van der Waals surface area contributed by atoms with Gasteiger partial charge in [-0.1, -0.05) is 61.0 Å². The maximum absolute atomic E-state index is 12.4. The predicted molar refractivity (Wildman–Crippen MR) is 134 cm³/mol. The van der Waals surface area contributed by atoms with Gasteiger partial charge in [-0.05, 0) is 36.1 Å². The number of hydrogen-bond donors (Lipinski definition) is 3. The maximum Gasteiger partial charge on any atom is 0.490 e. The van der Waals surface area contributed by atoms with Crippen LogP contribution in [0.2, 0.25) is 0 Å². The molecule has 1 amide bonds. The number of halogens is 3. The van der Waals surface area contributed by atoms with E-state index in [1.807, 2.05) is 59.5 Å². The third-order valence-electron chi connectivity index (χ3n) is 5.89. The number of nitrogens with zero attached hydrogens (tertiary/aromatic N) is 3. The fourth-order valence-corrected chi connectivity index (χ4v) is 3.92. The van der Waals surface area contributed by atoms with Crippen molar-refractivity contribution in [2.75, 3.05) is 6.54 Å². The molecule has 3 aromatic rings. The highest BCUT2D eigenvalue weighted by Gasteiger charge is 2.38. The number of aromatic nitrogens is 2. The van der Waals surface area contributed by atoms with Crippen molar-refractivity contribution in [2.24, 2.45) is 0 Å². The average molecular weight is 528 g/mol. The zero-order chi connectivity index (χ0) is 27.5. The van der Waals surface area contributed by atoms with E-state index in [9.17, 15) is 23.2 Å². The van der Waals surface area contributed by atoms with Gasteiger partial charge in [0.2, 0.25) is 5.91 Å². The molecule has 1 aliphatic rings. The number of rotatable bonds is 7. The van der Waals surface area contributed by atoms with Gasteiger partial charge in [0.05, 0.1) is 24.9 Å². The van der Waals surface area contributed by atoms with Gasteiger partial charge in [-0.25, -0.2) is 4.79 Å². The second-order valence-corrected chi connectivity index (χ2v) is 8.81. The van der Waals surface area contributed by atoms with Gasteiger partial charge >= 0.3 is 12.1 Å². The van der Waals surface area contributed by atoms with Gasteiger partial charge in [-0.2, -0.15) is 23.5 Å². The molecule has 0 saturated carbocycles. The minimum atomic E-state index is -5.08. The molecule has 1 saturated heterocycles. The summed E-state index contributed by atoms with van der Waals surface area (Å²) < 4.78 is 33.7. The minimum Gasteiger partial charge on any atom is -0.475 e. The van der Waals surface area contributed by atoms with Crippen molar-refractivity contribution in [1.82, 2.24) is 20.4 Å².